The van der Waals surface area contributed by atoms with Gasteiger partial charge in [0.05, 0.1) is 18.9 Å². The number of rotatable bonds is 5. The summed E-state index contributed by atoms with van der Waals surface area (Å²) < 4.78 is 5.54. The fourth-order valence-corrected chi connectivity index (χ4v) is 3.54. The van der Waals surface area contributed by atoms with Crippen molar-refractivity contribution < 1.29 is 19.4 Å². The third-order valence-electron chi connectivity index (χ3n) is 4.47. The van der Waals surface area contributed by atoms with Crippen molar-refractivity contribution in [3.05, 3.63) is 30.3 Å². The lowest BCUT2D eigenvalue weighted by molar-refractivity contribution is -0.143. The van der Waals surface area contributed by atoms with Crippen LogP contribution in [0.25, 0.3) is 0 Å². The van der Waals surface area contributed by atoms with E-state index in [1.807, 2.05) is 30.3 Å². The summed E-state index contributed by atoms with van der Waals surface area (Å²) in [6.07, 6.45) is 2.65. The molecular formula is C16H19NO4. The van der Waals surface area contributed by atoms with Gasteiger partial charge in [-0.1, -0.05) is 18.2 Å². The predicted octanol–water partition coefficient (Wildman–Crippen LogP) is 1.92. The van der Waals surface area contributed by atoms with Gasteiger partial charge in [-0.25, -0.2) is 0 Å². The van der Waals surface area contributed by atoms with Crippen LogP contribution in [0, 0.1) is 5.92 Å². The first-order valence-corrected chi connectivity index (χ1v) is 7.38. The van der Waals surface area contributed by atoms with Crippen LogP contribution in [0.5, 0.6) is 5.75 Å². The van der Waals surface area contributed by atoms with Gasteiger partial charge in [-0.3, -0.25) is 9.59 Å². The average molecular weight is 289 g/mol. The number of carbonyl (C=O) groups excluding carboxylic acids is 1. The van der Waals surface area contributed by atoms with E-state index in [-0.39, 0.29) is 23.9 Å². The molecule has 1 amide bonds. The number of ether oxygens (including phenoxy) is 1. The summed E-state index contributed by atoms with van der Waals surface area (Å²) >= 11 is 0. The Morgan fingerprint density at radius 3 is 2.67 bits per heavy atom. The topological polar surface area (TPSA) is 66.8 Å². The minimum atomic E-state index is -0.777. The molecular weight excluding hydrogens is 270 g/mol. The van der Waals surface area contributed by atoms with Crippen molar-refractivity contribution in [3.8, 4) is 5.75 Å². The monoisotopic (exact) mass is 289 g/mol. The van der Waals surface area contributed by atoms with Crippen molar-refractivity contribution in [1.82, 2.24) is 4.90 Å². The Kier molecular flexibility index (Phi) is 3.82. The standard InChI is InChI=1S/C16H19NO4/c18-15(8-9-21-12-4-2-1-3-5-12)17-11-6-7-14(17)13(10-11)16(19)20/h1-5,11,13-14H,6-10H2,(H,19,20). The molecule has 3 atom stereocenters. The second kappa shape index (κ2) is 5.76. The van der Waals surface area contributed by atoms with E-state index in [1.165, 1.54) is 0 Å². The number of fused-ring (bicyclic) bond motifs is 2. The highest BCUT2D eigenvalue weighted by molar-refractivity contribution is 5.80. The molecule has 2 bridgehead atoms. The van der Waals surface area contributed by atoms with Gasteiger partial charge in [0.2, 0.25) is 5.91 Å². The molecule has 0 aliphatic carbocycles. The Hall–Kier alpha value is -2.04. The van der Waals surface area contributed by atoms with Gasteiger partial charge in [-0.15, -0.1) is 0 Å². The molecule has 3 rings (SSSR count). The van der Waals surface area contributed by atoms with Crippen molar-refractivity contribution in [1.29, 1.82) is 0 Å². The van der Waals surface area contributed by atoms with E-state index in [9.17, 15) is 14.7 Å². The van der Waals surface area contributed by atoms with Crippen LogP contribution in [0.2, 0.25) is 0 Å². The van der Waals surface area contributed by atoms with E-state index in [0.717, 1.165) is 18.6 Å². The normalized spacial score (nSPS) is 26.9. The molecule has 0 aromatic heterocycles. The molecule has 1 aromatic carbocycles. The van der Waals surface area contributed by atoms with Crippen LogP contribution < -0.4 is 4.74 Å². The Bertz CT molecular complexity index is 530. The van der Waals surface area contributed by atoms with Gasteiger partial charge in [0, 0.05) is 12.1 Å². The second-order valence-corrected chi connectivity index (χ2v) is 5.69. The fraction of sp³-hybridized carbons (Fsp3) is 0.500. The number of hydrogen-bond acceptors (Lipinski definition) is 3. The number of aliphatic carboxylic acids is 1. The Morgan fingerprint density at radius 1 is 1.24 bits per heavy atom. The maximum absolute atomic E-state index is 12.3. The first-order chi connectivity index (χ1) is 10.2. The Labute approximate surface area is 123 Å². The average Bonchev–Trinajstić information content (AvgIpc) is 3.06. The molecule has 2 saturated heterocycles. The van der Waals surface area contributed by atoms with Gasteiger partial charge in [0.25, 0.3) is 0 Å². The van der Waals surface area contributed by atoms with Crippen LogP contribution in [0.1, 0.15) is 25.7 Å². The molecule has 1 N–H and O–H groups in total. The van der Waals surface area contributed by atoms with Crippen LogP contribution in [0.3, 0.4) is 0 Å². The second-order valence-electron chi connectivity index (χ2n) is 5.69. The van der Waals surface area contributed by atoms with Crippen molar-refractivity contribution in [2.75, 3.05) is 6.61 Å². The van der Waals surface area contributed by atoms with E-state index >= 15 is 0 Å². The zero-order valence-corrected chi connectivity index (χ0v) is 11.8. The summed E-state index contributed by atoms with van der Waals surface area (Å²) in [5, 5.41) is 9.20. The van der Waals surface area contributed by atoms with Crippen LogP contribution in [0.4, 0.5) is 0 Å². The molecule has 5 nitrogen and oxygen atoms in total. The smallest absolute Gasteiger partial charge is 0.308 e. The highest BCUT2D eigenvalue weighted by atomic mass is 16.5. The summed E-state index contributed by atoms with van der Waals surface area (Å²) in [5.74, 6) is -0.399. The maximum atomic E-state index is 12.3. The number of carboxylic acids is 1. The van der Waals surface area contributed by atoms with E-state index in [1.54, 1.807) is 4.90 Å². The highest BCUT2D eigenvalue weighted by Gasteiger charge is 2.50. The molecule has 21 heavy (non-hydrogen) atoms. The van der Waals surface area contributed by atoms with Gasteiger partial charge in [-0.2, -0.15) is 0 Å². The molecule has 112 valence electrons. The van der Waals surface area contributed by atoms with Gasteiger partial charge in [-0.05, 0) is 31.4 Å². The number of amides is 1. The molecule has 0 saturated carbocycles. The molecule has 5 heteroatoms. The lowest BCUT2D eigenvalue weighted by atomic mass is 9.89. The molecule has 2 heterocycles. The van der Waals surface area contributed by atoms with Crippen LogP contribution >= 0.6 is 0 Å². The number of carboxylic acid groups (broad SMARTS) is 1. The van der Waals surface area contributed by atoms with Gasteiger partial charge in [0.15, 0.2) is 0 Å². The molecule has 0 spiro atoms. The summed E-state index contributed by atoms with van der Waals surface area (Å²) in [4.78, 5) is 25.3. The largest absolute Gasteiger partial charge is 0.493 e. The molecule has 0 radical (unpaired) electrons. The third kappa shape index (κ3) is 2.73. The molecule has 3 unspecified atom stereocenters. The van der Waals surface area contributed by atoms with E-state index in [4.69, 9.17) is 4.74 Å². The SMILES string of the molecule is O=C(O)C1CC2CCC1N2C(=O)CCOc1ccccc1. The van der Waals surface area contributed by atoms with Crippen molar-refractivity contribution in [2.24, 2.45) is 5.92 Å². The number of nitrogens with zero attached hydrogens (tertiary/aromatic N) is 1. The molecule has 2 fully saturated rings. The van der Waals surface area contributed by atoms with Crippen molar-refractivity contribution >= 4 is 11.9 Å². The number of hydrogen-bond donors (Lipinski definition) is 1. The Balaban J connectivity index is 1.53. The van der Waals surface area contributed by atoms with Crippen LogP contribution in [-0.4, -0.2) is 40.6 Å². The first-order valence-electron chi connectivity index (χ1n) is 7.38. The van der Waals surface area contributed by atoms with E-state index < -0.39 is 5.97 Å². The number of carbonyl (C=O) groups is 2. The predicted molar refractivity (Wildman–Crippen MR) is 76.0 cm³/mol. The fourth-order valence-electron chi connectivity index (χ4n) is 3.54. The summed E-state index contributed by atoms with van der Waals surface area (Å²) in [7, 11) is 0. The lowest BCUT2D eigenvalue weighted by Gasteiger charge is -2.23. The minimum absolute atomic E-state index is 0.0159. The van der Waals surface area contributed by atoms with Crippen LogP contribution in [0.15, 0.2) is 30.3 Å². The minimum Gasteiger partial charge on any atom is -0.493 e. The molecule has 2 aliphatic rings. The summed E-state index contributed by atoms with van der Waals surface area (Å²) in [6, 6.07) is 9.38. The van der Waals surface area contributed by atoms with E-state index in [0.29, 0.717) is 19.4 Å². The van der Waals surface area contributed by atoms with Crippen molar-refractivity contribution in [2.45, 2.75) is 37.8 Å². The first kappa shape index (κ1) is 13.9. The zero-order valence-electron chi connectivity index (χ0n) is 11.8. The molecule has 1 aromatic rings. The zero-order chi connectivity index (χ0) is 14.8. The lowest BCUT2D eigenvalue weighted by Crippen LogP contribution is -2.38. The number of para-hydroxylation sites is 1. The quantitative estimate of drug-likeness (QED) is 0.899. The third-order valence-corrected chi connectivity index (χ3v) is 4.47. The van der Waals surface area contributed by atoms with Gasteiger partial charge in [0.1, 0.15) is 5.75 Å². The number of benzene rings is 1. The van der Waals surface area contributed by atoms with Gasteiger partial charge < -0.3 is 14.7 Å². The summed E-state index contributed by atoms with van der Waals surface area (Å²) in [5.41, 5.74) is 0. The van der Waals surface area contributed by atoms with Crippen molar-refractivity contribution in [3.63, 3.8) is 0 Å². The van der Waals surface area contributed by atoms with Gasteiger partial charge >= 0.3 is 5.97 Å². The molecule has 2 aliphatic heterocycles. The Morgan fingerprint density at radius 2 is 2.00 bits per heavy atom. The maximum Gasteiger partial charge on any atom is 0.308 e. The summed E-state index contributed by atoms with van der Waals surface area (Å²) in [6.45, 7) is 0.330. The van der Waals surface area contributed by atoms with Crippen LogP contribution in [-0.2, 0) is 9.59 Å². The highest BCUT2D eigenvalue weighted by Crippen LogP contribution is 2.42. The van der Waals surface area contributed by atoms with E-state index in [2.05, 4.69) is 0 Å².